The lowest BCUT2D eigenvalue weighted by Gasteiger charge is -2.11. The number of ether oxygens (including phenoxy) is 4. The Hall–Kier alpha value is -3.83. The Labute approximate surface area is 209 Å². The molecule has 182 valence electrons. The molecule has 0 bridgehead atoms. The van der Waals surface area contributed by atoms with Crippen molar-refractivity contribution in [2.75, 3.05) is 26.4 Å². The summed E-state index contributed by atoms with van der Waals surface area (Å²) in [5.41, 5.74) is 1.37. The summed E-state index contributed by atoms with van der Waals surface area (Å²) in [6, 6.07) is 12.5. The summed E-state index contributed by atoms with van der Waals surface area (Å²) in [5.74, 6) is 3.37. The number of hydrogen-bond donors (Lipinski definition) is 1. The predicted molar refractivity (Wildman–Crippen MR) is 139 cm³/mol. The molecular weight excluding hydrogens is 466 g/mol. The molecular formula is C27H27NO6S. The molecule has 8 heteroatoms. The van der Waals surface area contributed by atoms with E-state index in [2.05, 4.69) is 10.9 Å². The third-order valence-corrected chi connectivity index (χ3v) is 5.64. The van der Waals surface area contributed by atoms with E-state index in [1.807, 2.05) is 13.8 Å². The van der Waals surface area contributed by atoms with Crippen molar-refractivity contribution in [2.24, 2.45) is 4.99 Å². The van der Waals surface area contributed by atoms with Crippen molar-refractivity contribution in [3.63, 3.8) is 0 Å². The molecule has 1 N–H and O–H groups in total. The topological polar surface area (TPSA) is 86.6 Å². The molecule has 0 unspecified atom stereocenters. The van der Waals surface area contributed by atoms with Crippen LogP contribution in [0.3, 0.4) is 0 Å². The van der Waals surface area contributed by atoms with Crippen LogP contribution in [-0.2, 0) is 9.53 Å². The van der Waals surface area contributed by atoms with Crippen molar-refractivity contribution in [3.8, 4) is 29.6 Å². The van der Waals surface area contributed by atoms with Crippen LogP contribution in [0.4, 0.5) is 5.69 Å². The lowest BCUT2D eigenvalue weighted by atomic mass is 10.1. The molecule has 0 radical (unpaired) electrons. The predicted octanol–water partition coefficient (Wildman–Crippen LogP) is 5.69. The van der Waals surface area contributed by atoms with Crippen LogP contribution >= 0.6 is 11.8 Å². The van der Waals surface area contributed by atoms with E-state index in [9.17, 15) is 9.90 Å². The van der Waals surface area contributed by atoms with Crippen molar-refractivity contribution < 1.29 is 28.8 Å². The average molecular weight is 494 g/mol. The lowest BCUT2D eigenvalue weighted by Crippen LogP contribution is -2.12. The highest BCUT2D eigenvalue weighted by Gasteiger charge is 2.33. The van der Waals surface area contributed by atoms with Gasteiger partial charge in [-0.05, 0) is 68.8 Å². The number of hydrogen-bond acceptors (Lipinski definition) is 8. The van der Waals surface area contributed by atoms with Gasteiger partial charge in [0.25, 0.3) is 0 Å². The molecule has 7 nitrogen and oxygen atoms in total. The summed E-state index contributed by atoms with van der Waals surface area (Å²) in [5, 5.41) is 11.3. The number of thioether (sulfide) groups is 1. The van der Waals surface area contributed by atoms with Gasteiger partial charge in [0.2, 0.25) is 0 Å². The number of aliphatic hydroxyl groups is 1. The van der Waals surface area contributed by atoms with Crippen LogP contribution in [-0.4, -0.2) is 42.5 Å². The van der Waals surface area contributed by atoms with E-state index in [0.717, 1.165) is 11.3 Å². The highest BCUT2D eigenvalue weighted by molar-refractivity contribution is 8.18. The van der Waals surface area contributed by atoms with E-state index in [1.54, 1.807) is 55.5 Å². The van der Waals surface area contributed by atoms with Crippen molar-refractivity contribution in [1.29, 1.82) is 0 Å². The molecule has 0 amide bonds. The molecule has 2 aromatic carbocycles. The number of rotatable bonds is 10. The fourth-order valence-electron chi connectivity index (χ4n) is 3.17. The normalized spacial score (nSPS) is 15.3. The van der Waals surface area contributed by atoms with Crippen molar-refractivity contribution in [3.05, 3.63) is 64.3 Å². The zero-order valence-corrected chi connectivity index (χ0v) is 20.7. The summed E-state index contributed by atoms with van der Waals surface area (Å²) in [4.78, 5) is 17.7. The summed E-state index contributed by atoms with van der Waals surface area (Å²) in [6.45, 7) is 6.78. The molecule has 1 aliphatic heterocycles. The Morgan fingerprint density at radius 2 is 1.77 bits per heavy atom. The number of aliphatic hydroxyl groups excluding tert-OH is 1. The molecule has 0 atom stereocenters. The van der Waals surface area contributed by atoms with Crippen LogP contribution in [0.2, 0.25) is 0 Å². The number of aliphatic imine (C=N–C) groups is 1. The molecule has 0 aliphatic carbocycles. The number of carbonyl (C=O) groups is 1. The number of benzene rings is 2. The smallest absolute Gasteiger partial charge is 0.344 e. The maximum Gasteiger partial charge on any atom is 0.344 e. The van der Waals surface area contributed by atoms with Gasteiger partial charge < -0.3 is 24.1 Å². The van der Waals surface area contributed by atoms with E-state index in [0.29, 0.717) is 40.3 Å². The molecule has 0 spiro atoms. The summed E-state index contributed by atoms with van der Waals surface area (Å²) in [6.07, 6.45) is 7.03. The number of esters is 1. The molecule has 3 rings (SSSR count). The number of nitrogens with zero attached hydrogens (tertiary/aromatic N) is 1. The highest BCUT2D eigenvalue weighted by Crippen LogP contribution is 2.41. The molecule has 1 aliphatic rings. The van der Waals surface area contributed by atoms with Crippen LogP contribution in [0.1, 0.15) is 26.3 Å². The Morgan fingerprint density at radius 3 is 2.43 bits per heavy atom. The van der Waals surface area contributed by atoms with E-state index in [4.69, 9.17) is 25.4 Å². The second kappa shape index (κ2) is 12.6. The van der Waals surface area contributed by atoms with Gasteiger partial charge in [-0.3, -0.25) is 0 Å². The minimum Gasteiger partial charge on any atom is -0.506 e. The first-order chi connectivity index (χ1) is 17.0. The fraction of sp³-hybridized carbons (Fsp3) is 0.259. The third kappa shape index (κ3) is 6.61. The SMILES string of the molecule is C#CCOc1ccc(/C=C2/SC(=Nc3ccc(OCC)cc3)C(C(=O)OCC)=C2O)cc1OCC. The average Bonchev–Trinajstić information content (AvgIpc) is 3.14. The van der Waals surface area contributed by atoms with Gasteiger partial charge >= 0.3 is 5.97 Å². The zero-order chi connectivity index (χ0) is 25.2. The first-order valence-electron chi connectivity index (χ1n) is 11.2. The maximum atomic E-state index is 12.6. The molecule has 0 saturated carbocycles. The van der Waals surface area contributed by atoms with E-state index in [-0.39, 0.29) is 24.5 Å². The van der Waals surface area contributed by atoms with Gasteiger partial charge in [0, 0.05) is 0 Å². The Balaban J connectivity index is 1.97. The number of carbonyl (C=O) groups excluding carboxylic acids is 1. The Morgan fingerprint density at radius 1 is 1.03 bits per heavy atom. The monoisotopic (exact) mass is 493 g/mol. The fourth-order valence-corrected chi connectivity index (χ4v) is 4.20. The van der Waals surface area contributed by atoms with Crippen molar-refractivity contribution >= 4 is 34.5 Å². The Bertz CT molecular complexity index is 1190. The van der Waals surface area contributed by atoms with Crippen LogP contribution in [0.5, 0.6) is 17.2 Å². The molecule has 2 aromatic rings. The standard InChI is InChI=1S/C27H27NO6S/c1-5-15-34-21-14-9-18(16-22(21)32-7-3)17-23-25(29)24(27(30)33-8-4)26(35-23)28-19-10-12-20(13-11-19)31-6-2/h1,9-14,16-17,29H,6-8,15H2,2-4H3/b23-17+,28-26?. The summed E-state index contributed by atoms with van der Waals surface area (Å²) < 4.78 is 21.8. The second-order valence-corrected chi connectivity index (χ2v) is 8.06. The van der Waals surface area contributed by atoms with E-state index in [1.165, 1.54) is 11.8 Å². The molecule has 1 heterocycles. The van der Waals surface area contributed by atoms with Gasteiger partial charge in [-0.25, -0.2) is 9.79 Å². The van der Waals surface area contributed by atoms with Crippen LogP contribution in [0.15, 0.2) is 63.7 Å². The molecule has 0 saturated heterocycles. The summed E-state index contributed by atoms with van der Waals surface area (Å²) in [7, 11) is 0. The first kappa shape index (κ1) is 25.8. The van der Waals surface area contributed by atoms with Gasteiger partial charge in [0.15, 0.2) is 11.5 Å². The van der Waals surface area contributed by atoms with E-state index < -0.39 is 5.97 Å². The second-order valence-electron chi connectivity index (χ2n) is 7.03. The highest BCUT2D eigenvalue weighted by atomic mass is 32.2. The Kier molecular flexibility index (Phi) is 9.27. The van der Waals surface area contributed by atoms with Crippen molar-refractivity contribution in [1.82, 2.24) is 0 Å². The zero-order valence-electron chi connectivity index (χ0n) is 19.9. The molecule has 0 fully saturated rings. The van der Waals surface area contributed by atoms with Gasteiger partial charge in [-0.2, -0.15) is 0 Å². The van der Waals surface area contributed by atoms with E-state index >= 15 is 0 Å². The molecule has 35 heavy (non-hydrogen) atoms. The largest absolute Gasteiger partial charge is 0.506 e. The lowest BCUT2D eigenvalue weighted by molar-refractivity contribution is -0.138. The van der Waals surface area contributed by atoms with Gasteiger partial charge in [0.1, 0.15) is 28.7 Å². The minimum atomic E-state index is -0.640. The quantitative estimate of drug-likeness (QED) is 0.336. The third-order valence-electron chi connectivity index (χ3n) is 4.62. The number of terminal acetylenes is 1. The van der Waals surface area contributed by atoms with Crippen LogP contribution in [0.25, 0.3) is 6.08 Å². The van der Waals surface area contributed by atoms with Gasteiger partial charge in [-0.1, -0.05) is 23.7 Å². The minimum absolute atomic E-state index is 0.0241. The van der Waals surface area contributed by atoms with Crippen LogP contribution < -0.4 is 14.2 Å². The molecule has 0 aromatic heterocycles. The van der Waals surface area contributed by atoms with Gasteiger partial charge in [-0.15, -0.1) is 6.42 Å². The summed E-state index contributed by atoms with van der Waals surface area (Å²) >= 11 is 1.18. The van der Waals surface area contributed by atoms with Gasteiger partial charge in [0.05, 0.1) is 30.4 Å². The van der Waals surface area contributed by atoms with Crippen molar-refractivity contribution in [2.45, 2.75) is 20.8 Å². The van der Waals surface area contributed by atoms with Crippen LogP contribution in [0, 0.1) is 12.3 Å². The first-order valence-corrected chi connectivity index (χ1v) is 12.0. The maximum absolute atomic E-state index is 12.6.